The molecule has 3 heterocycles. The first-order chi connectivity index (χ1) is 12.2. The van der Waals surface area contributed by atoms with E-state index in [1.807, 2.05) is 42.6 Å². The fourth-order valence-electron chi connectivity index (χ4n) is 3.97. The molecule has 1 saturated heterocycles. The van der Waals surface area contributed by atoms with Gasteiger partial charge in [-0.15, -0.1) is 0 Å². The van der Waals surface area contributed by atoms with Gasteiger partial charge in [-0.2, -0.15) is 5.10 Å². The van der Waals surface area contributed by atoms with Crippen molar-refractivity contribution in [3.63, 3.8) is 0 Å². The van der Waals surface area contributed by atoms with Crippen LogP contribution in [0, 0.1) is 0 Å². The molecule has 0 saturated carbocycles. The number of aryl methyl sites for hydroxylation is 2. The Morgan fingerprint density at radius 2 is 2.20 bits per heavy atom. The number of nitrogens with zero attached hydrogens (tertiary/aromatic N) is 5. The quantitative estimate of drug-likeness (QED) is 0.695. The van der Waals surface area contributed by atoms with Crippen LogP contribution in [0.5, 0.6) is 0 Å². The molecule has 0 amide bonds. The summed E-state index contributed by atoms with van der Waals surface area (Å²) in [5.74, 6) is 0. The van der Waals surface area contributed by atoms with Crippen LogP contribution in [0.15, 0.2) is 36.9 Å². The number of hydrogen-bond acceptors (Lipinski definition) is 3. The van der Waals surface area contributed by atoms with Crippen molar-refractivity contribution in [2.24, 2.45) is 7.05 Å². The highest BCUT2D eigenvalue weighted by molar-refractivity contribution is 6.35. The first-order valence-electron chi connectivity index (χ1n) is 9.02. The number of benzene rings is 1. The SMILES string of the molecule is Cn1nc(CN2CCCC[C@@H]2CCn2ccnc2)c2c(Cl)cccc21. The topological polar surface area (TPSA) is 38.9 Å². The van der Waals surface area contributed by atoms with Crippen molar-refractivity contribution in [3.8, 4) is 0 Å². The van der Waals surface area contributed by atoms with Crippen molar-refractivity contribution >= 4 is 22.5 Å². The highest BCUT2D eigenvalue weighted by Crippen LogP contribution is 2.29. The molecule has 1 fully saturated rings. The predicted octanol–water partition coefficient (Wildman–Crippen LogP) is 3.87. The number of fused-ring (bicyclic) bond motifs is 1. The second-order valence-corrected chi connectivity index (χ2v) is 7.32. The van der Waals surface area contributed by atoms with Crippen molar-refractivity contribution in [1.29, 1.82) is 0 Å². The van der Waals surface area contributed by atoms with Crippen molar-refractivity contribution < 1.29 is 0 Å². The van der Waals surface area contributed by atoms with Crippen molar-refractivity contribution in [1.82, 2.24) is 24.2 Å². The molecule has 0 radical (unpaired) electrons. The maximum absolute atomic E-state index is 6.48. The lowest BCUT2D eigenvalue weighted by Gasteiger charge is -2.35. The zero-order valence-corrected chi connectivity index (χ0v) is 15.4. The number of likely N-dealkylation sites (tertiary alicyclic amines) is 1. The third kappa shape index (κ3) is 3.44. The van der Waals surface area contributed by atoms with Crippen molar-refractivity contribution in [2.75, 3.05) is 6.54 Å². The van der Waals surface area contributed by atoms with Gasteiger partial charge in [-0.05, 0) is 37.9 Å². The molecule has 3 aromatic rings. The van der Waals surface area contributed by atoms with Gasteiger partial charge < -0.3 is 4.57 Å². The Kier molecular flexibility index (Phi) is 4.77. The van der Waals surface area contributed by atoms with Gasteiger partial charge in [-0.25, -0.2) is 4.98 Å². The minimum Gasteiger partial charge on any atom is -0.337 e. The summed E-state index contributed by atoms with van der Waals surface area (Å²) in [4.78, 5) is 6.73. The summed E-state index contributed by atoms with van der Waals surface area (Å²) < 4.78 is 4.11. The van der Waals surface area contributed by atoms with Crippen LogP contribution in [0.4, 0.5) is 0 Å². The number of aromatic nitrogens is 4. The first-order valence-corrected chi connectivity index (χ1v) is 9.40. The van der Waals surface area contributed by atoms with Gasteiger partial charge >= 0.3 is 0 Å². The van der Waals surface area contributed by atoms with E-state index in [2.05, 4.69) is 20.5 Å². The molecule has 1 aromatic carbocycles. The fourth-order valence-corrected chi connectivity index (χ4v) is 4.25. The Labute approximate surface area is 153 Å². The smallest absolute Gasteiger partial charge is 0.0945 e. The third-order valence-corrected chi connectivity index (χ3v) is 5.60. The molecule has 4 rings (SSSR count). The minimum atomic E-state index is 0.593. The van der Waals surface area contributed by atoms with Gasteiger partial charge in [0.15, 0.2) is 0 Å². The number of rotatable bonds is 5. The van der Waals surface area contributed by atoms with Crippen LogP contribution in [0.25, 0.3) is 10.9 Å². The highest BCUT2D eigenvalue weighted by atomic mass is 35.5. The van der Waals surface area contributed by atoms with Crippen molar-refractivity contribution in [3.05, 3.63) is 47.6 Å². The molecule has 1 atom stereocenters. The lowest BCUT2D eigenvalue weighted by atomic mass is 9.98. The molecule has 1 aliphatic heterocycles. The van der Waals surface area contributed by atoms with Gasteiger partial charge in [0.25, 0.3) is 0 Å². The lowest BCUT2D eigenvalue weighted by molar-refractivity contribution is 0.127. The monoisotopic (exact) mass is 357 g/mol. The van der Waals surface area contributed by atoms with E-state index in [0.717, 1.165) is 47.7 Å². The Morgan fingerprint density at radius 1 is 1.28 bits per heavy atom. The lowest BCUT2D eigenvalue weighted by Crippen LogP contribution is -2.39. The molecule has 6 heteroatoms. The molecular weight excluding hydrogens is 334 g/mol. The molecule has 0 aliphatic carbocycles. The summed E-state index contributed by atoms with van der Waals surface area (Å²) in [6, 6.07) is 6.63. The van der Waals surface area contributed by atoms with Gasteiger partial charge in [0.1, 0.15) is 0 Å². The number of halogens is 1. The van der Waals surface area contributed by atoms with E-state index in [0.29, 0.717) is 6.04 Å². The Bertz CT molecular complexity index is 839. The van der Waals surface area contributed by atoms with Gasteiger partial charge in [0.05, 0.1) is 22.6 Å². The molecule has 25 heavy (non-hydrogen) atoms. The molecular formula is C19H24ClN5. The van der Waals surface area contributed by atoms with Crippen LogP contribution in [-0.4, -0.2) is 36.8 Å². The summed E-state index contributed by atoms with van der Waals surface area (Å²) in [5, 5.41) is 6.67. The first kappa shape index (κ1) is 16.6. The highest BCUT2D eigenvalue weighted by Gasteiger charge is 2.24. The van der Waals surface area contributed by atoms with Gasteiger partial charge in [0.2, 0.25) is 0 Å². The van der Waals surface area contributed by atoms with Crippen LogP contribution in [0.3, 0.4) is 0 Å². The van der Waals surface area contributed by atoms with E-state index in [9.17, 15) is 0 Å². The summed E-state index contributed by atoms with van der Waals surface area (Å²) in [5.41, 5.74) is 2.20. The zero-order valence-electron chi connectivity index (χ0n) is 14.6. The molecule has 0 spiro atoms. The van der Waals surface area contributed by atoms with Gasteiger partial charge in [0, 0.05) is 44.0 Å². The maximum Gasteiger partial charge on any atom is 0.0945 e. The summed E-state index contributed by atoms with van der Waals surface area (Å²) in [6.07, 6.45) is 10.8. The third-order valence-electron chi connectivity index (χ3n) is 5.28. The second kappa shape index (κ2) is 7.18. The van der Waals surface area contributed by atoms with Gasteiger partial charge in [-0.3, -0.25) is 9.58 Å². The molecule has 5 nitrogen and oxygen atoms in total. The number of hydrogen-bond donors (Lipinski definition) is 0. The molecule has 1 aliphatic rings. The van der Waals surface area contributed by atoms with E-state index < -0.39 is 0 Å². The molecule has 0 bridgehead atoms. The van der Waals surface area contributed by atoms with Crippen LogP contribution in [0.1, 0.15) is 31.4 Å². The van der Waals surface area contributed by atoms with E-state index in [1.165, 1.54) is 19.3 Å². The van der Waals surface area contributed by atoms with Crippen LogP contribution < -0.4 is 0 Å². The average molecular weight is 358 g/mol. The Morgan fingerprint density at radius 3 is 3.04 bits per heavy atom. The Balaban J connectivity index is 1.53. The predicted molar refractivity (Wildman–Crippen MR) is 101 cm³/mol. The minimum absolute atomic E-state index is 0.593. The zero-order chi connectivity index (χ0) is 17.2. The van der Waals surface area contributed by atoms with Gasteiger partial charge in [-0.1, -0.05) is 24.1 Å². The van der Waals surface area contributed by atoms with E-state index in [4.69, 9.17) is 16.7 Å². The maximum atomic E-state index is 6.48. The summed E-state index contributed by atoms with van der Waals surface area (Å²) in [7, 11) is 1.99. The van der Waals surface area contributed by atoms with Crippen LogP contribution in [-0.2, 0) is 20.1 Å². The summed E-state index contributed by atoms with van der Waals surface area (Å²) in [6.45, 7) is 3.03. The number of piperidine rings is 1. The average Bonchev–Trinajstić information content (AvgIpc) is 3.24. The standard InChI is InChI=1S/C19H24ClN5/c1-23-18-7-4-6-16(20)19(18)17(22-23)13-25-10-3-2-5-15(25)8-11-24-12-9-21-14-24/h4,6-7,9,12,14-15H,2-3,5,8,10-11,13H2,1H3/t15-/m1/s1. The van der Waals surface area contributed by atoms with Crippen LogP contribution in [0.2, 0.25) is 5.02 Å². The largest absolute Gasteiger partial charge is 0.337 e. The molecule has 132 valence electrons. The normalized spacial score (nSPS) is 18.9. The van der Waals surface area contributed by atoms with E-state index in [-0.39, 0.29) is 0 Å². The van der Waals surface area contributed by atoms with Crippen LogP contribution >= 0.6 is 11.6 Å². The second-order valence-electron chi connectivity index (χ2n) is 6.91. The molecule has 0 unspecified atom stereocenters. The summed E-state index contributed by atoms with van der Waals surface area (Å²) >= 11 is 6.48. The van der Waals surface area contributed by atoms with E-state index >= 15 is 0 Å². The van der Waals surface area contributed by atoms with Crippen molar-refractivity contribution in [2.45, 2.75) is 44.8 Å². The molecule has 0 N–H and O–H groups in total. The van der Waals surface area contributed by atoms with E-state index in [1.54, 1.807) is 0 Å². The molecule has 2 aromatic heterocycles. The Hall–Kier alpha value is -1.85. The fraction of sp³-hybridized carbons (Fsp3) is 0.474. The number of imidazole rings is 1.